The van der Waals surface area contributed by atoms with Crippen molar-refractivity contribution in [1.82, 2.24) is 9.88 Å². The Hall–Kier alpha value is -1.66. The number of hydrogen-bond acceptors (Lipinski definition) is 5. The zero-order valence-electron chi connectivity index (χ0n) is 14.6. The van der Waals surface area contributed by atoms with Gasteiger partial charge in [0, 0.05) is 29.1 Å². The smallest absolute Gasteiger partial charge is 0.183 e. The fraction of sp³-hybridized carbons (Fsp3) is 0.500. The largest absolute Gasteiger partial charge is 0.494 e. The number of rotatable bonds is 3. The van der Waals surface area contributed by atoms with Gasteiger partial charge in [0.2, 0.25) is 0 Å². The Kier molecular flexibility index (Phi) is 4.30. The van der Waals surface area contributed by atoms with Gasteiger partial charge in [0.05, 0.1) is 23.5 Å². The van der Waals surface area contributed by atoms with Gasteiger partial charge in [0.1, 0.15) is 5.75 Å². The van der Waals surface area contributed by atoms with Gasteiger partial charge < -0.3 is 4.74 Å². The summed E-state index contributed by atoms with van der Waals surface area (Å²) in [5, 5.41) is 1.02. The molecule has 0 N–H and O–H groups in total. The number of ether oxygens (including phenoxy) is 1. The number of nitrogens with zero attached hydrogens (tertiary/aromatic N) is 2. The summed E-state index contributed by atoms with van der Waals surface area (Å²) >= 11 is 0. The van der Waals surface area contributed by atoms with Crippen molar-refractivity contribution in [3.8, 4) is 5.75 Å². The molecular weight excluding hydrogens is 324 g/mol. The third kappa shape index (κ3) is 2.89. The van der Waals surface area contributed by atoms with Crippen LogP contribution in [0.4, 0.5) is 0 Å². The third-order valence-electron chi connectivity index (χ3n) is 4.77. The summed E-state index contributed by atoms with van der Waals surface area (Å²) in [6, 6.07) is 5.31. The minimum atomic E-state index is -3.44. The van der Waals surface area contributed by atoms with Crippen LogP contribution >= 0.6 is 0 Å². The number of sulfone groups is 1. The number of benzene rings is 1. The van der Waals surface area contributed by atoms with Crippen LogP contribution < -0.4 is 4.74 Å². The Morgan fingerprint density at radius 1 is 1.25 bits per heavy atom. The molecule has 1 atom stereocenters. The normalized spacial score (nSPS) is 19.8. The van der Waals surface area contributed by atoms with Crippen molar-refractivity contribution >= 4 is 20.6 Å². The zero-order valence-corrected chi connectivity index (χ0v) is 15.4. The van der Waals surface area contributed by atoms with Crippen LogP contribution in [-0.2, 0) is 9.84 Å². The molecule has 0 spiro atoms. The van der Waals surface area contributed by atoms with E-state index in [1.807, 2.05) is 6.07 Å². The van der Waals surface area contributed by atoms with E-state index in [9.17, 15) is 8.42 Å². The molecule has 6 heteroatoms. The van der Waals surface area contributed by atoms with Gasteiger partial charge >= 0.3 is 0 Å². The lowest BCUT2D eigenvalue weighted by molar-refractivity contribution is 0.175. The number of fused-ring (bicyclic) bond motifs is 1. The van der Waals surface area contributed by atoms with Gasteiger partial charge in [-0.25, -0.2) is 8.42 Å². The molecule has 1 aliphatic heterocycles. The first-order chi connectivity index (χ1) is 11.2. The Labute approximate surface area is 143 Å². The second kappa shape index (κ2) is 6.01. The summed E-state index contributed by atoms with van der Waals surface area (Å²) in [7, 11) is -1.90. The Morgan fingerprint density at radius 2 is 2.00 bits per heavy atom. The number of pyridine rings is 1. The summed E-state index contributed by atoms with van der Waals surface area (Å²) in [5.74, 6) is 0.498. The van der Waals surface area contributed by atoms with Gasteiger partial charge in [-0.05, 0) is 39.8 Å². The summed E-state index contributed by atoms with van der Waals surface area (Å²) in [4.78, 5) is 6.70. The molecular formula is C18H24N2O3S. The van der Waals surface area contributed by atoms with E-state index in [4.69, 9.17) is 4.74 Å². The van der Waals surface area contributed by atoms with Crippen molar-refractivity contribution in [1.29, 1.82) is 0 Å². The van der Waals surface area contributed by atoms with Crippen molar-refractivity contribution in [3.63, 3.8) is 0 Å². The zero-order chi connectivity index (χ0) is 17.5. The van der Waals surface area contributed by atoms with Crippen LogP contribution in [0, 0.1) is 0 Å². The maximum atomic E-state index is 13.3. The molecule has 1 aliphatic rings. The predicted octanol–water partition coefficient (Wildman–Crippen LogP) is 2.89. The summed E-state index contributed by atoms with van der Waals surface area (Å²) in [6.07, 6.45) is 3.90. The van der Waals surface area contributed by atoms with Gasteiger partial charge in [0.15, 0.2) is 9.84 Å². The van der Waals surface area contributed by atoms with Gasteiger partial charge in [-0.1, -0.05) is 12.1 Å². The van der Waals surface area contributed by atoms with Crippen LogP contribution in [0.2, 0.25) is 0 Å². The molecule has 0 saturated carbocycles. The average molecular weight is 348 g/mol. The molecule has 0 amide bonds. The van der Waals surface area contributed by atoms with E-state index < -0.39 is 9.84 Å². The highest BCUT2D eigenvalue weighted by Crippen LogP contribution is 2.35. The SMILES string of the molecule is COc1cncc2cccc(S(=O)(=O)C3CCN(C(C)(C)C)C3)c12. The monoisotopic (exact) mass is 348 g/mol. The van der Waals surface area contributed by atoms with Crippen molar-refractivity contribution in [2.45, 2.75) is 42.9 Å². The minimum Gasteiger partial charge on any atom is -0.494 e. The van der Waals surface area contributed by atoms with E-state index in [0.29, 0.717) is 29.0 Å². The maximum Gasteiger partial charge on any atom is 0.183 e. The first-order valence-electron chi connectivity index (χ1n) is 8.15. The summed E-state index contributed by atoms with van der Waals surface area (Å²) in [5.41, 5.74) is -0.0232. The molecule has 0 aliphatic carbocycles. The highest BCUT2D eigenvalue weighted by atomic mass is 32.2. The van der Waals surface area contributed by atoms with Gasteiger partial charge in [-0.15, -0.1) is 0 Å². The second-order valence-electron chi connectivity index (χ2n) is 7.27. The average Bonchev–Trinajstić information content (AvgIpc) is 3.04. The number of hydrogen-bond donors (Lipinski definition) is 0. The molecule has 2 aromatic rings. The molecule has 0 radical (unpaired) electrons. The van der Waals surface area contributed by atoms with Gasteiger partial charge in [-0.2, -0.15) is 0 Å². The minimum absolute atomic E-state index is 0.0232. The molecule has 0 bridgehead atoms. The van der Waals surface area contributed by atoms with E-state index >= 15 is 0 Å². The van der Waals surface area contributed by atoms with Crippen LogP contribution in [0.5, 0.6) is 5.75 Å². The molecule has 130 valence electrons. The quantitative estimate of drug-likeness (QED) is 0.853. The van der Waals surface area contributed by atoms with Crippen LogP contribution in [0.25, 0.3) is 10.8 Å². The molecule has 1 fully saturated rings. The van der Waals surface area contributed by atoms with E-state index in [0.717, 1.165) is 11.9 Å². The van der Waals surface area contributed by atoms with Crippen molar-refractivity contribution in [3.05, 3.63) is 30.6 Å². The number of likely N-dealkylation sites (tertiary alicyclic amines) is 1. The lowest BCUT2D eigenvalue weighted by atomic mass is 10.1. The molecule has 1 aromatic heterocycles. The Balaban J connectivity index is 2.07. The number of methoxy groups -OCH3 is 1. The molecule has 2 heterocycles. The fourth-order valence-electron chi connectivity index (χ4n) is 3.33. The fourth-order valence-corrected chi connectivity index (χ4v) is 5.25. The van der Waals surface area contributed by atoms with Crippen molar-refractivity contribution in [2.24, 2.45) is 0 Å². The topological polar surface area (TPSA) is 59.5 Å². The predicted molar refractivity (Wildman–Crippen MR) is 95.2 cm³/mol. The first kappa shape index (κ1) is 17.2. The number of aromatic nitrogens is 1. The molecule has 1 unspecified atom stereocenters. The second-order valence-corrected chi connectivity index (χ2v) is 9.47. The first-order valence-corrected chi connectivity index (χ1v) is 9.69. The Morgan fingerprint density at radius 3 is 2.62 bits per heavy atom. The van der Waals surface area contributed by atoms with Crippen molar-refractivity contribution in [2.75, 3.05) is 20.2 Å². The summed E-state index contributed by atoms with van der Waals surface area (Å²) < 4.78 is 31.9. The van der Waals surface area contributed by atoms with Crippen LogP contribution in [0.15, 0.2) is 35.5 Å². The maximum absolute atomic E-state index is 13.3. The van der Waals surface area contributed by atoms with E-state index in [1.165, 1.54) is 7.11 Å². The highest BCUT2D eigenvalue weighted by molar-refractivity contribution is 7.92. The molecule has 1 saturated heterocycles. The van der Waals surface area contributed by atoms with E-state index in [-0.39, 0.29) is 10.8 Å². The van der Waals surface area contributed by atoms with Gasteiger partial charge in [-0.3, -0.25) is 9.88 Å². The van der Waals surface area contributed by atoms with Crippen LogP contribution in [0.3, 0.4) is 0 Å². The highest BCUT2D eigenvalue weighted by Gasteiger charge is 2.38. The standard InChI is InChI=1S/C18H24N2O3S/c1-18(2,3)20-9-8-14(12-20)24(21,22)16-7-5-6-13-10-19-11-15(23-4)17(13)16/h5-7,10-11,14H,8-9,12H2,1-4H3. The van der Waals surface area contributed by atoms with Crippen LogP contribution in [-0.4, -0.2) is 49.3 Å². The molecule has 1 aromatic carbocycles. The van der Waals surface area contributed by atoms with Crippen LogP contribution in [0.1, 0.15) is 27.2 Å². The molecule has 5 nitrogen and oxygen atoms in total. The third-order valence-corrected chi connectivity index (χ3v) is 6.98. The molecule has 3 rings (SSSR count). The van der Waals surface area contributed by atoms with E-state index in [1.54, 1.807) is 24.5 Å². The van der Waals surface area contributed by atoms with E-state index in [2.05, 4.69) is 30.7 Å². The van der Waals surface area contributed by atoms with Gasteiger partial charge in [0.25, 0.3) is 0 Å². The summed E-state index contributed by atoms with van der Waals surface area (Å²) in [6.45, 7) is 7.73. The lowest BCUT2D eigenvalue weighted by Gasteiger charge is -2.31. The molecule has 24 heavy (non-hydrogen) atoms. The van der Waals surface area contributed by atoms with Crippen molar-refractivity contribution < 1.29 is 13.2 Å². The Bertz CT molecular complexity index is 851. The lowest BCUT2D eigenvalue weighted by Crippen LogP contribution is -2.40.